The van der Waals surface area contributed by atoms with Crippen LogP contribution in [0, 0.1) is 0 Å². The molecule has 0 bridgehead atoms. The molecule has 0 N–H and O–H groups in total. The van der Waals surface area contributed by atoms with E-state index in [2.05, 4.69) is 131 Å². The molecule has 0 aliphatic carbocycles. The highest BCUT2D eigenvalue weighted by atomic mass is 28.4. The van der Waals surface area contributed by atoms with Gasteiger partial charge in [0.05, 0.1) is 16.1 Å². The van der Waals surface area contributed by atoms with E-state index in [0.717, 1.165) is 22.2 Å². The largest absolute Gasteiger partial charge is 0.115 e. The minimum absolute atomic E-state index is 0.726. The molecule has 4 rings (SSSR count). The van der Waals surface area contributed by atoms with E-state index in [1.807, 2.05) is 9.64 Å². The average Bonchev–Trinajstić information content (AvgIpc) is 3.28. The average molecular weight is 549 g/mol. The lowest BCUT2D eigenvalue weighted by molar-refractivity contribution is 0.925. The van der Waals surface area contributed by atoms with Gasteiger partial charge in [-0.25, -0.2) is 0 Å². The summed E-state index contributed by atoms with van der Waals surface area (Å²) in [7, 11) is -6.51. The molecule has 0 fully saturated rings. The smallest absolute Gasteiger partial charge is 0.0850 e. The minimum atomic E-state index is -1.80. The minimum Gasteiger partial charge on any atom is -0.0850 e. The fourth-order valence-corrected chi connectivity index (χ4v) is 35.2. The van der Waals surface area contributed by atoms with Gasteiger partial charge < -0.3 is 0 Å². The zero-order chi connectivity index (χ0) is 27.2. The molecule has 196 valence electrons. The van der Waals surface area contributed by atoms with Gasteiger partial charge in [-0.15, -0.1) is 0 Å². The summed E-state index contributed by atoms with van der Waals surface area (Å²) < 4.78 is 0. The van der Waals surface area contributed by atoms with Crippen LogP contribution in [0.25, 0.3) is 22.9 Å². The maximum Gasteiger partial charge on any atom is 0.115 e. The van der Waals surface area contributed by atoms with Crippen LogP contribution in [-0.4, -0.2) is 32.3 Å². The highest BCUT2D eigenvalue weighted by Crippen LogP contribution is 2.50. The molecule has 0 amide bonds. The maximum atomic E-state index is 2.73. The normalized spacial score (nSPS) is 18.9. The van der Waals surface area contributed by atoms with Crippen molar-refractivity contribution >= 4 is 65.6 Å². The second-order valence-electron chi connectivity index (χ2n) is 15.1. The van der Waals surface area contributed by atoms with Gasteiger partial charge in [-0.1, -0.05) is 141 Å². The van der Waals surface area contributed by atoms with Crippen LogP contribution in [0.3, 0.4) is 0 Å². The third kappa shape index (κ3) is 3.60. The molecule has 0 aromatic heterocycles. The molecule has 0 radical (unpaired) electrons. The Morgan fingerprint density at radius 2 is 0.750 bits per heavy atom. The van der Waals surface area contributed by atoms with E-state index in [1.165, 1.54) is 10.8 Å². The van der Waals surface area contributed by atoms with Crippen molar-refractivity contribution in [2.24, 2.45) is 0 Å². The summed E-state index contributed by atoms with van der Waals surface area (Å²) in [6.45, 7) is 35.7. The van der Waals surface area contributed by atoms with E-state index in [-0.39, 0.29) is 0 Å². The van der Waals surface area contributed by atoms with Crippen molar-refractivity contribution in [2.45, 2.75) is 117 Å². The van der Waals surface area contributed by atoms with Crippen LogP contribution in [0.2, 0.25) is 61.4 Å². The van der Waals surface area contributed by atoms with Gasteiger partial charge in [0.15, 0.2) is 0 Å². The summed E-state index contributed by atoms with van der Waals surface area (Å²) in [5.41, 5.74) is 6.09. The van der Waals surface area contributed by atoms with Gasteiger partial charge in [0.25, 0.3) is 0 Å². The summed E-state index contributed by atoms with van der Waals surface area (Å²) in [5.74, 6) is 0. The molecule has 0 saturated heterocycles. The fraction of sp³-hybridized carbons (Fsp3) is 0.562. The van der Waals surface area contributed by atoms with E-state index in [9.17, 15) is 0 Å². The van der Waals surface area contributed by atoms with Crippen molar-refractivity contribution < 1.29 is 0 Å². The van der Waals surface area contributed by atoms with Gasteiger partial charge in [-0.05, 0) is 54.4 Å². The van der Waals surface area contributed by atoms with E-state index in [4.69, 9.17) is 0 Å². The summed E-state index contributed by atoms with van der Waals surface area (Å²) >= 11 is 0. The quantitative estimate of drug-likeness (QED) is 0.315. The van der Waals surface area contributed by atoms with Gasteiger partial charge in [-0.3, -0.25) is 0 Å². The molecule has 36 heavy (non-hydrogen) atoms. The summed E-state index contributed by atoms with van der Waals surface area (Å²) in [6.07, 6.45) is 5.46. The molecular formula is C32H52Si4. The Kier molecular flexibility index (Phi) is 6.85. The molecule has 4 heteroatoms. The molecule has 2 aromatic rings. The standard InChI is InChI=1S/C32H52Si4/c1-21(2)35(22(3)4)29-17-15-26-25(27(29)19-31(35)33(9,10)11)16-18-30-28(26)20-32(34(12,13)14)36(30,23(5)6)24(7)8/h15-24H,1-14H3. The Balaban J connectivity index is 2.12. The van der Waals surface area contributed by atoms with Gasteiger partial charge >= 0.3 is 0 Å². The lowest BCUT2D eigenvalue weighted by Gasteiger charge is -2.44. The zero-order valence-electron chi connectivity index (χ0n) is 25.8. The van der Waals surface area contributed by atoms with Crippen molar-refractivity contribution in [3.8, 4) is 0 Å². The molecule has 0 atom stereocenters. The van der Waals surface area contributed by atoms with E-state index in [0.29, 0.717) is 0 Å². The highest BCUT2D eigenvalue weighted by molar-refractivity contribution is 7.16. The number of benzene rings is 2. The SMILES string of the molecule is CC(C)[Si]1(C(C)C)C([Si](C)(C)C)=Cc2c1ccc1c3c(ccc21)[Si](C(C)C)(C(C)C)C([Si](C)(C)C)=C3. The first kappa shape index (κ1) is 28.1. The molecule has 0 spiro atoms. The topological polar surface area (TPSA) is 0 Å². The Hall–Kier alpha value is -0.952. The van der Waals surface area contributed by atoms with Crippen LogP contribution in [0.5, 0.6) is 0 Å². The van der Waals surface area contributed by atoms with Crippen molar-refractivity contribution in [2.75, 3.05) is 0 Å². The molecule has 2 aromatic carbocycles. The third-order valence-corrected chi connectivity index (χ3v) is 32.4. The number of fused-ring (bicyclic) bond motifs is 5. The number of rotatable bonds is 6. The van der Waals surface area contributed by atoms with Gasteiger partial charge in [0, 0.05) is 0 Å². The van der Waals surface area contributed by atoms with Gasteiger partial charge in [0.1, 0.15) is 16.1 Å². The summed E-state index contributed by atoms with van der Waals surface area (Å²) in [6, 6.07) is 10.3. The summed E-state index contributed by atoms with van der Waals surface area (Å²) in [5, 5.41) is 6.53. The van der Waals surface area contributed by atoms with Gasteiger partial charge in [0.2, 0.25) is 0 Å². The molecule has 0 saturated carbocycles. The Labute approximate surface area is 226 Å². The zero-order valence-corrected chi connectivity index (χ0v) is 29.8. The first-order valence-electron chi connectivity index (χ1n) is 14.5. The number of hydrogen-bond donors (Lipinski definition) is 0. The first-order valence-corrected chi connectivity index (χ1v) is 25.8. The molecule has 2 heterocycles. The summed E-state index contributed by atoms with van der Waals surface area (Å²) in [4.78, 5) is 3.80. The van der Waals surface area contributed by atoms with E-state index >= 15 is 0 Å². The van der Waals surface area contributed by atoms with Crippen molar-refractivity contribution in [3.05, 3.63) is 45.0 Å². The monoisotopic (exact) mass is 548 g/mol. The first-order chi connectivity index (χ1) is 16.4. The van der Waals surface area contributed by atoms with Crippen molar-refractivity contribution in [3.63, 3.8) is 0 Å². The molecule has 2 aliphatic heterocycles. The van der Waals surface area contributed by atoms with E-state index < -0.39 is 32.3 Å². The van der Waals surface area contributed by atoms with Crippen LogP contribution in [0.4, 0.5) is 0 Å². The van der Waals surface area contributed by atoms with Crippen LogP contribution in [0.15, 0.2) is 33.9 Å². The van der Waals surface area contributed by atoms with E-state index in [1.54, 1.807) is 21.5 Å². The van der Waals surface area contributed by atoms with Crippen LogP contribution in [-0.2, 0) is 0 Å². The predicted octanol–water partition coefficient (Wildman–Crippen LogP) is 9.42. The second-order valence-corrected chi connectivity index (χ2v) is 36.4. The lowest BCUT2D eigenvalue weighted by Crippen LogP contribution is -2.58. The Bertz CT molecular complexity index is 1140. The van der Waals surface area contributed by atoms with Crippen LogP contribution >= 0.6 is 0 Å². The molecule has 0 nitrogen and oxygen atoms in total. The molecular weight excluding hydrogens is 497 g/mol. The lowest BCUT2D eigenvalue weighted by atomic mass is 10.00. The fourth-order valence-electron chi connectivity index (χ4n) is 8.80. The van der Waals surface area contributed by atoms with Crippen LogP contribution < -0.4 is 10.4 Å². The van der Waals surface area contributed by atoms with Crippen molar-refractivity contribution in [1.82, 2.24) is 0 Å². The third-order valence-electron chi connectivity index (χ3n) is 9.90. The second kappa shape index (κ2) is 8.79. The highest BCUT2D eigenvalue weighted by Gasteiger charge is 2.54. The maximum absolute atomic E-state index is 2.73. The Morgan fingerprint density at radius 1 is 0.472 bits per heavy atom. The number of hydrogen-bond acceptors (Lipinski definition) is 0. The molecule has 2 aliphatic rings. The molecule has 0 unspecified atom stereocenters. The van der Waals surface area contributed by atoms with Crippen LogP contribution in [0.1, 0.15) is 66.5 Å². The Morgan fingerprint density at radius 3 is 0.972 bits per heavy atom. The van der Waals surface area contributed by atoms with Crippen molar-refractivity contribution in [1.29, 1.82) is 0 Å². The van der Waals surface area contributed by atoms with Gasteiger partial charge in [-0.2, -0.15) is 0 Å². The predicted molar refractivity (Wildman–Crippen MR) is 178 cm³/mol.